The Morgan fingerprint density at radius 2 is 2.05 bits per heavy atom. The molecule has 0 radical (unpaired) electrons. The fourth-order valence-corrected chi connectivity index (χ4v) is 2.08. The molecule has 0 aliphatic rings. The average Bonchev–Trinajstić information content (AvgIpc) is 2.43. The molecule has 0 aliphatic carbocycles. The number of ether oxygens (including phenoxy) is 1. The summed E-state index contributed by atoms with van der Waals surface area (Å²) in [5.41, 5.74) is 6.91. The molecule has 0 atom stereocenters. The molecule has 6 heteroatoms. The van der Waals surface area contributed by atoms with Gasteiger partial charge in [0.2, 0.25) is 0 Å². The quantitative estimate of drug-likeness (QED) is 0.661. The van der Waals surface area contributed by atoms with Crippen molar-refractivity contribution in [3.63, 3.8) is 0 Å². The molecular weight excluding hydrogens is 349 g/mol. The van der Waals surface area contributed by atoms with E-state index in [1.54, 1.807) is 12.1 Å². The van der Waals surface area contributed by atoms with Crippen LogP contribution in [0.5, 0.6) is 0 Å². The van der Waals surface area contributed by atoms with Crippen LogP contribution in [0.25, 0.3) is 0 Å². The van der Waals surface area contributed by atoms with Crippen LogP contribution in [0.4, 0.5) is 10.1 Å². The van der Waals surface area contributed by atoms with E-state index in [1.807, 2.05) is 0 Å². The monoisotopic (exact) mass is 357 g/mol. The van der Waals surface area contributed by atoms with Crippen LogP contribution in [-0.4, -0.2) is 5.97 Å². The number of nitrogen functional groups attached to an aromatic ring is 1. The minimum absolute atomic E-state index is 0.0419. The topological polar surface area (TPSA) is 52.3 Å². The Bertz CT molecular complexity index is 664. The van der Waals surface area contributed by atoms with Crippen molar-refractivity contribution < 1.29 is 13.9 Å². The van der Waals surface area contributed by atoms with Gasteiger partial charge in [-0.1, -0.05) is 17.7 Å². The fraction of sp³-hybridized carbons (Fsp3) is 0.0714. The number of esters is 1. The van der Waals surface area contributed by atoms with Gasteiger partial charge in [0, 0.05) is 0 Å². The van der Waals surface area contributed by atoms with Crippen molar-refractivity contribution in [1.82, 2.24) is 0 Å². The van der Waals surface area contributed by atoms with Gasteiger partial charge in [-0.15, -0.1) is 0 Å². The molecule has 0 amide bonds. The summed E-state index contributed by atoms with van der Waals surface area (Å²) in [5, 5.41) is 0.379. The number of anilines is 1. The van der Waals surface area contributed by atoms with Crippen LogP contribution in [-0.2, 0) is 11.3 Å². The Morgan fingerprint density at radius 3 is 2.70 bits per heavy atom. The summed E-state index contributed by atoms with van der Waals surface area (Å²) in [6.45, 7) is 0.0419. The molecule has 0 aliphatic heterocycles. The number of hydrogen-bond acceptors (Lipinski definition) is 3. The van der Waals surface area contributed by atoms with Crippen LogP contribution < -0.4 is 5.73 Å². The van der Waals surface area contributed by atoms with E-state index in [0.717, 1.165) is 0 Å². The van der Waals surface area contributed by atoms with Gasteiger partial charge in [-0.25, -0.2) is 9.18 Å². The van der Waals surface area contributed by atoms with E-state index in [0.29, 0.717) is 26.3 Å². The zero-order chi connectivity index (χ0) is 14.7. The second-order valence-electron chi connectivity index (χ2n) is 4.06. The third kappa shape index (κ3) is 3.49. The van der Waals surface area contributed by atoms with Gasteiger partial charge < -0.3 is 10.5 Å². The van der Waals surface area contributed by atoms with Crippen LogP contribution in [0, 0.1) is 5.82 Å². The molecule has 0 spiro atoms. The van der Waals surface area contributed by atoms with Crippen molar-refractivity contribution in [2.24, 2.45) is 0 Å². The van der Waals surface area contributed by atoms with Gasteiger partial charge in [-0.3, -0.25) is 0 Å². The van der Waals surface area contributed by atoms with Gasteiger partial charge in [-0.05, 0) is 51.8 Å². The van der Waals surface area contributed by atoms with Crippen LogP contribution in [0.1, 0.15) is 15.9 Å². The standard InChI is InChI=1S/C14H10BrClFNO2/c15-10-5-8(1-4-12(10)17)7-20-14(19)9-2-3-11(16)13(18)6-9/h1-6H,7,18H2. The Kier molecular flexibility index (Phi) is 4.62. The number of rotatable bonds is 3. The molecule has 0 bridgehead atoms. The third-order valence-electron chi connectivity index (χ3n) is 2.59. The van der Waals surface area contributed by atoms with E-state index in [1.165, 1.54) is 24.3 Å². The normalized spacial score (nSPS) is 10.3. The van der Waals surface area contributed by atoms with Gasteiger partial charge in [-0.2, -0.15) is 0 Å². The molecule has 0 unspecified atom stereocenters. The maximum absolute atomic E-state index is 13.1. The zero-order valence-electron chi connectivity index (χ0n) is 10.2. The molecule has 0 aromatic heterocycles. The highest BCUT2D eigenvalue weighted by atomic mass is 79.9. The van der Waals surface area contributed by atoms with Crippen molar-refractivity contribution in [3.8, 4) is 0 Å². The minimum Gasteiger partial charge on any atom is -0.457 e. The molecule has 0 fully saturated rings. The van der Waals surface area contributed by atoms with Gasteiger partial charge in [0.05, 0.1) is 20.7 Å². The summed E-state index contributed by atoms with van der Waals surface area (Å²) in [6, 6.07) is 8.91. The molecule has 2 N–H and O–H groups in total. The smallest absolute Gasteiger partial charge is 0.338 e. The van der Waals surface area contributed by atoms with Crippen LogP contribution in [0.2, 0.25) is 5.02 Å². The highest BCUT2D eigenvalue weighted by Gasteiger charge is 2.10. The van der Waals surface area contributed by atoms with Crippen LogP contribution in [0.3, 0.4) is 0 Å². The summed E-state index contributed by atoms with van der Waals surface area (Å²) in [7, 11) is 0. The molecule has 2 rings (SSSR count). The van der Waals surface area contributed by atoms with Gasteiger partial charge in [0.15, 0.2) is 0 Å². The number of benzene rings is 2. The van der Waals surface area contributed by atoms with E-state index in [4.69, 9.17) is 22.1 Å². The van der Waals surface area contributed by atoms with E-state index >= 15 is 0 Å². The molecule has 2 aromatic carbocycles. The van der Waals surface area contributed by atoms with Crippen molar-refractivity contribution in [2.45, 2.75) is 6.61 Å². The number of nitrogens with two attached hydrogens (primary N) is 1. The number of carbonyl (C=O) groups is 1. The summed E-state index contributed by atoms with van der Waals surface area (Å²) in [4.78, 5) is 11.8. The van der Waals surface area contributed by atoms with Crippen LogP contribution >= 0.6 is 27.5 Å². The Morgan fingerprint density at radius 1 is 1.30 bits per heavy atom. The molecule has 2 aromatic rings. The van der Waals surface area contributed by atoms with E-state index in [2.05, 4.69) is 15.9 Å². The molecule has 20 heavy (non-hydrogen) atoms. The van der Waals surface area contributed by atoms with E-state index in [-0.39, 0.29) is 12.4 Å². The van der Waals surface area contributed by atoms with Gasteiger partial charge >= 0.3 is 5.97 Å². The highest BCUT2D eigenvalue weighted by molar-refractivity contribution is 9.10. The highest BCUT2D eigenvalue weighted by Crippen LogP contribution is 2.21. The average molecular weight is 359 g/mol. The van der Waals surface area contributed by atoms with Gasteiger partial charge in [0.1, 0.15) is 12.4 Å². The van der Waals surface area contributed by atoms with Gasteiger partial charge in [0.25, 0.3) is 0 Å². The SMILES string of the molecule is Nc1cc(C(=O)OCc2ccc(F)c(Br)c2)ccc1Cl. The second kappa shape index (κ2) is 6.24. The first-order valence-corrected chi connectivity index (χ1v) is 6.80. The van der Waals surface area contributed by atoms with Crippen LogP contribution in [0.15, 0.2) is 40.9 Å². The van der Waals surface area contributed by atoms with Crippen molar-refractivity contribution in [2.75, 3.05) is 5.73 Å². The summed E-state index contributed by atoms with van der Waals surface area (Å²) in [5.74, 6) is -0.889. The first kappa shape index (κ1) is 14.8. The lowest BCUT2D eigenvalue weighted by Gasteiger charge is -2.07. The lowest BCUT2D eigenvalue weighted by molar-refractivity contribution is 0.0472. The fourth-order valence-electron chi connectivity index (χ4n) is 1.53. The summed E-state index contributed by atoms with van der Waals surface area (Å²) in [6.07, 6.45) is 0. The maximum atomic E-state index is 13.1. The molecule has 104 valence electrons. The number of carbonyl (C=O) groups excluding carboxylic acids is 1. The first-order chi connectivity index (χ1) is 9.47. The summed E-state index contributed by atoms with van der Waals surface area (Å²) < 4.78 is 18.5. The Balaban J connectivity index is 2.04. The maximum Gasteiger partial charge on any atom is 0.338 e. The molecule has 0 heterocycles. The predicted molar refractivity (Wildman–Crippen MR) is 79.1 cm³/mol. The molecule has 0 saturated heterocycles. The molecule has 3 nitrogen and oxygen atoms in total. The second-order valence-corrected chi connectivity index (χ2v) is 5.32. The van der Waals surface area contributed by atoms with E-state index < -0.39 is 5.97 Å². The Labute approximate surface area is 128 Å². The molecule has 0 saturated carbocycles. The Hall–Kier alpha value is -1.59. The number of halogens is 3. The minimum atomic E-state index is -0.520. The van der Waals surface area contributed by atoms with Crippen molar-refractivity contribution in [1.29, 1.82) is 0 Å². The molecular formula is C14H10BrClFNO2. The largest absolute Gasteiger partial charge is 0.457 e. The predicted octanol–water partition coefficient (Wildman–Crippen LogP) is 4.18. The van der Waals surface area contributed by atoms with Crippen molar-refractivity contribution >= 4 is 39.2 Å². The summed E-state index contributed by atoms with van der Waals surface area (Å²) >= 11 is 8.84. The van der Waals surface area contributed by atoms with E-state index in [9.17, 15) is 9.18 Å². The lowest BCUT2D eigenvalue weighted by Crippen LogP contribution is -2.06. The lowest BCUT2D eigenvalue weighted by atomic mass is 10.2. The first-order valence-electron chi connectivity index (χ1n) is 5.63. The number of hydrogen-bond donors (Lipinski definition) is 1. The zero-order valence-corrected chi connectivity index (χ0v) is 12.5. The third-order valence-corrected chi connectivity index (χ3v) is 3.54. The van der Waals surface area contributed by atoms with Crippen molar-refractivity contribution in [3.05, 3.63) is 62.8 Å².